The quantitative estimate of drug-likeness (QED) is 0.404. The lowest BCUT2D eigenvalue weighted by atomic mass is 9.97. The fourth-order valence-corrected chi connectivity index (χ4v) is 3.77. The van der Waals surface area contributed by atoms with Gasteiger partial charge in [0.1, 0.15) is 5.75 Å². The lowest BCUT2D eigenvalue weighted by Gasteiger charge is -2.07. The van der Waals surface area contributed by atoms with E-state index in [9.17, 15) is 0 Å². The smallest absolute Gasteiger partial charge is 0.118 e. The summed E-state index contributed by atoms with van der Waals surface area (Å²) in [6.45, 7) is 0.732. The molecule has 0 saturated heterocycles. The Kier molecular flexibility index (Phi) is 5.45. The molecule has 0 radical (unpaired) electrons. The first kappa shape index (κ1) is 18.3. The summed E-state index contributed by atoms with van der Waals surface area (Å²) in [4.78, 5) is 3.65. The van der Waals surface area contributed by atoms with Gasteiger partial charge >= 0.3 is 0 Å². The van der Waals surface area contributed by atoms with E-state index in [0.29, 0.717) is 0 Å². The van der Waals surface area contributed by atoms with Crippen molar-refractivity contribution < 1.29 is 4.74 Å². The summed E-state index contributed by atoms with van der Waals surface area (Å²) < 4.78 is 5.31. The Labute approximate surface area is 166 Å². The Balaban J connectivity index is 1.82. The van der Waals surface area contributed by atoms with Gasteiger partial charge in [-0.3, -0.25) is 0 Å². The number of aromatic amines is 1. The van der Waals surface area contributed by atoms with E-state index in [4.69, 9.17) is 10.5 Å². The number of hydrogen-bond acceptors (Lipinski definition) is 2. The van der Waals surface area contributed by atoms with Crippen molar-refractivity contribution in [3.63, 3.8) is 0 Å². The van der Waals surface area contributed by atoms with Gasteiger partial charge in [0.15, 0.2) is 0 Å². The lowest BCUT2D eigenvalue weighted by molar-refractivity contribution is 0.415. The second kappa shape index (κ2) is 8.32. The lowest BCUT2D eigenvalue weighted by Crippen LogP contribution is -1.99. The van der Waals surface area contributed by atoms with Crippen LogP contribution in [-0.2, 0) is 6.42 Å². The maximum atomic E-state index is 5.74. The highest BCUT2D eigenvalue weighted by Crippen LogP contribution is 2.34. The Bertz CT molecular complexity index is 1050. The van der Waals surface area contributed by atoms with Gasteiger partial charge in [0, 0.05) is 16.6 Å². The molecule has 0 bridgehead atoms. The number of aryl methyl sites for hydroxylation is 1. The zero-order chi connectivity index (χ0) is 19.3. The minimum absolute atomic E-state index is 0.732. The van der Waals surface area contributed by atoms with Gasteiger partial charge in [-0.15, -0.1) is 0 Å². The van der Waals surface area contributed by atoms with Crippen LogP contribution in [0.5, 0.6) is 5.75 Å². The Morgan fingerprint density at radius 2 is 1.57 bits per heavy atom. The van der Waals surface area contributed by atoms with Crippen LogP contribution in [0.3, 0.4) is 0 Å². The van der Waals surface area contributed by atoms with Crippen molar-refractivity contribution >= 4 is 10.9 Å². The maximum absolute atomic E-state index is 5.74. The number of rotatable bonds is 7. The van der Waals surface area contributed by atoms with E-state index >= 15 is 0 Å². The topological polar surface area (TPSA) is 51.0 Å². The predicted molar refractivity (Wildman–Crippen MR) is 118 cm³/mol. The molecule has 1 heterocycles. The second-order valence-electron chi connectivity index (χ2n) is 7.08. The minimum Gasteiger partial charge on any atom is -0.497 e. The van der Waals surface area contributed by atoms with Crippen molar-refractivity contribution in [1.82, 2.24) is 4.98 Å². The van der Waals surface area contributed by atoms with Crippen molar-refractivity contribution in [3.8, 4) is 28.1 Å². The zero-order valence-corrected chi connectivity index (χ0v) is 16.2. The van der Waals surface area contributed by atoms with Gasteiger partial charge in [0.25, 0.3) is 0 Å². The average Bonchev–Trinajstić information content (AvgIpc) is 3.12. The average molecular weight is 370 g/mol. The van der Waals surface area contributed by atoms with Crippen molar-refractivity contribution in [2.45, 2.75) is 19.3 Å². The molecule has 0 aliphatic carbocycles. The normalized spacial score (nSPS) is 11.1. The maximum Gasteiger partial charge on any atom is 0.118 e. The number of aromatic nitrogens is 1. The summed E-state index contributed by atoms with van der Waals surface area (Å²) >= 11 is 0. The van der Waals surface area contributed by atoms with E-state index in [1.807, 2.05) is 12.1 Å². The fourth-order valence-electron chi connectivity index (χ4n) is 3.77. The molecule has 3 nitrogen and oxygen atoms in total. The highest BCUT2D eigenvalue weighted by atomic mass is 16.5. The predicted octanol–water partition coefficient (Wildman–Crippen LogP) is 5.79. The van der Waals surface area contributed by atoms with Crippen LogP contribution in [0.15, 0.2) is 72.8 Å². The molecule has 3 heteroatoms. The molecule has 0 atom stereocenters. The van der Waals surface area contributed by atoms with Gasteiger partial charge in [-0.05, 0) is 84.5 Å². The van der Waals surface area contributed by atoms with Crippen molar-refractivity contribution in [2.24, 2.45) is 5.73 Å². The summed E-state index contributed by atoms with van der Waals surface area (Å²) in [7, 11) is 1.70. The number of ether oxygens (including phenoxy) is 1. The Hall–Kier alpha value is -3.04. The number of H-pyrrole nitrogens is 1. The molecule has 0 saturated carbocycles. The SMILES string of the molecule is COc1ccc(-c2[nH]c3ccc(-c4ccccc4)cc3c2CCCCN)cc1. The van der Waals surface area contributed by atoms with E-state index in [2.05, 4.69) is 65.6 Å². The Morgan fingerprint density at radius 1 is 0.821 bits per heavy atom. The summed E-state index contributed by atoms with van der Waals surface area (Å²) in [6, 6.07) is 25.5. The van der Waals surface area contributed by atoms with Crippen LogP contribution in [0.4, 0.5) is 0 Å². The first-order valence-corrected chi connectivity index (χ1v) is 9.84. The number of fused-ring (bicyclic) bond motifs is 1. The molecule has 0 unspecified atom stereocenters. The second-order valence-corrected chi connectivity index (χ2v) is 7.08. The van der Waals surface area contributed by atoms with Crippen LogP contribution in [0.25, 0.3) is 33.3 Å². The third kappa shape index (κ3) is 3.67. The van der Waals surface area contributed by atoms with Crippen LogP contribution in [0.1, 0.15) is 18.4 Å². The zero-order valence-electron chi connectivity index (χ0n) is 16.2. The number of unbranched alkanes of at least 4 members (excludes halogenated alkanes) is 1. The number of methoxy groups -OCH3 is 1. The van der Waals surface area contributed by atoms with Gasteiger partial charge in [0.2, 0.25) is 0 Å². The van der Waals surface area contributed by atoms with Crippen LogP contribution in [0.2, 0.25) is 0 Å². The summed E-state index contributed by atoms with van der Waals surface area (Å²) in [6.07, 6.45) is 3.13. The molecule has 142 valence electrons. The van der Waals surface area contributed by atoms with Crippen LogP contribution >= 0.6 is 0 Å². The summed E-state index contributed by atoms with van der Waals surface area (Å²) in [5, 5.41) is 1.30. The minimum atomic E-state index is 0.732. The summed E-state index contributed by atoms with van der Waals surface area (Å²) in [5.41, 5.74) is 13.1. The molecule has 1 aromatic heterocycles. The molecule has 0 amide bonds. The van der Waals surface area contributed by atoms with E-state index in [1.54, 1.807) is 7.11 Å². The fraction of sp³-hybridized carbons (Fsp3) is 0.200. The van der Waals surface area contributed by atoms with E-state index in [0.717, 1.165) is 31.6 Å². The number of nitrogens with two attached hydrogens (primary N) is 1. The van der Waals surface area contributed by atoms with Crippen LogP contribution < -0.4 is 10.5 Å². The van der Waals surface area contributed by atoms with Crippen molar-refractivity contribution in [1.29, 1.82) is 0 Å². The largest absolute Gasteiger partial charge is 0.497 e. The molecule has 4 rings (SSSR count). The van der Waals surface area contributed by atoms with Gasteiger partial charge in [0.05, 0.1) is 7.11 Å². The standard InChI is InChI=1S/C25H26N2O/c1-28-21-13-10-19(11-14-21)25-22(9-5-6-16-26)23-17-20(12-15-24(23)27-25)18-7-3-2-4-8-18/h2-4,7-8,10-15,17,27H,5-6,9,16,26H2,1H3. The van der Waals surface area contributed by atoms with Gasteiger partial charge in [-0.2, -0.15) is 0 Å². The van der Waals surface area contributed by atoms with Crippen molar-refractivity contribution in [3.05, 3.63) is 78.4 Å². The first-order chi connectivity index (χ1) is 13.8. The molecule has 3 aromatic carbocycles. The monoisotopic (exact) mass is 370 g/mol. The molecule has 0 fully saturated rings. The van der Waals surface area contributed by atoms with E-state index in [-0.39, 0.29) is 0 Å². The first-order valence-electron chi connectivity index (χ1n) is 9.84. The number of hydrogen-bond donors (Lipinski definition) is 2. The summed E-state index contributed by atoms with van der Waals surface area (Å²) in [5.74, 6) is 0.871. The molecule has 28 heavy (non-hydrogen) atoms. The van der Waals surface area contributed by atoms with Gasteiger partial charge < -0.3 is 15.5 Å². The molecule has 0 aliphatic rings. The van der Waals surface area contributed by atoms with Gasteiger partial charge in [-0.25, -0.2) is 0 Å². The molecular weight excluding hydrogens is 344 g/mol. The van der Waals surface area contributed by atoms with E-state index < -0.39 is 0 Å². The van der Waals surface area contributed by atoms with Gasteiger partial charge in [-0.1, -0.05) is 36.4 Å². The highest BCUT2D eigenvalue weighted by molar-refractivity contribution is 5.93. The Morgan fingerprint density at radius 3 is 2.29 bits per heavy atom. The molecule has 0 spiro atoms. The number of benzene rings is 3. The molecule has 4 aromatic rings. The van der Waals surface area contributed by atoms with Crippen LogP contribution in [0, 0.1) is 0 Å². The van der Waals surface area contributed by atoms with Crippen molar-refractivity contribution in [2.75, 3.05) is 13.7 Å². The third-order valence-electron chi connectivity index (χ3n) is 5.27. The molecular formula is C25H26N2O. The number of nitrogens with one attached hydrogen (secondary N) is 1. The highest BCUT2D eigenvalue weighted by Gasteiger charge is 2.14. The van der Waals surface area contributed by atoms with Crippen LogP contribution in [-0.4, -0.2) is 18.6 Å². The molecule has 3 N–H and O–H groups in total. The van der Waals surface area contributed by atoms with E-state index in [1.165, 1.54) is 38.9 Å². The molecule has 0 aliphatic heterocycles. The third-order valence-corrected chi connectivity index (χ3v) is 5.27.